The number of anilines is 3. The van der Waals surface area contributed by atoms with E-state index in [1.807, 2.05) is 0 Å². The predicted octanol–water partition coefficient (Wildman–Crippen LogP) is 4.77. The Balaban J connectivity index is 1.75. The summed E-state index contributed by atoms with van der Waals surface area (Å²) in [6.07, 6.45) is 1.12. The van der Waals surface area contributed by atoms with Crippen LogP contribution in [0.3, 0.4) is 0 Å². The van der Waals surface area contributed by atoms with Crippen LogP contribution in [-0.4, -0.2) is 10.9 Å². The maximum atomic E-state index is 13.6. The Bertz CT molecular complexity index is 988. The predicted molar refractivity (Wildman–Crippen MR) is 88.1 cm³/mol. The van der Waals surface area contributed by atoms with Crippen LogP contribution in [0.1, 0.15) is 10.5 Å². The highest BCUT2D eigenvalue weighted by Gasteiger charge is 2.16. The summed E-state index contributed by atoms with van der Waals surface area (Å²) in [5.74, 6) is -7.14. The number of nitrogens with zero attached hydrogens (tertiary/aromatic N) is 1. The van der Waals surface area contributed by atoms with Gasteiger partial charge in [-0.2, -0.15) is 0 Å². The highest BCUT2D eigenvalue weighted by atomic mass is 19.2. The monoisotopic (exact) mass is 379 g/mol. The normalized spacial score (nSPS) is 10.6. The van der Waals surface area contributed by atoms with Crippen LogP contribution in [0.5, 0.6) is 0 Å². The summed E-state index contributed by atoms with van der Waals surface area (Å²) >= 11 is 0. The number of halogens is 5. The number of carbonyl (C=O) groups excluding carboxylic acids is 1. The van der Waals surface area contributed by atoms with Crippen LogP contribution in [0.25, 0.3) is 0 Å². The SMILES string of the molecule is O=C(Nc1c(F)cccc1F)c1ccc(Nc2ccc(F)c(F)c2F)cn1. The van der Waals surface area contributed by atoms with E-state index >= 15 is 0 Å². The average molecular weight is 379 g/mol. The molecule has 9 heteroatoms. The number of amides is 1. The lowest BCUT2D eigenvalue weighted by Crippen LogP contribution is -2.15. The molecule has 2 aromatic carbocycles. The van der Waals surface area contributed by atoms with Gasteiger partial charge >= 0.3 is 0 Å². The van der Waals surface area contributed by atoms with Crippen molar-refractivity contribution in [2.75, 3.05) is 10.6 Å². The third-order valence-electron chi connectivity index (χ3n) is 3.51. The number of nitrogens with one attached hydrogen (secondary N) is 2. The van der Waals surface area contributed by atoms with E-state index in [9.17, 15) is 26.7 Å². The topological polar surface area (TPSA) is 54.0 Å². The molecule has 2 N–H and O–H groups in total. The molecule has 138 valence electrons. The largest absolute Gasteiger partial charge is 0.352 e. The van der Waals surface area contributed by atoms with E-state index in [0.717, 1.165) is 36.5 Å². The van der Waals surface area contributed by atoms with Crippen LogP contribution >= 0.6 is 0 Å². The molecule has 3 rings (SSSR count). The summed E-state index contributed by atoms with van der Waals surface area (Å²) in [6.45, 7) is 0. The minimum Gasteiger partial charge on any atom is -0.352 e. The number of benzene rings is 2. The van der Waals surface area contributed by atoms with Crippen LogP contribution < -0.4 is 10.6 Å². The first-order valence-corrected chi connectivity index (χ1v) is 7.48. The van der Waals surface area contributed by atoms with E-state index in [1.54, 1.807) is 0 Å². The number of para-hydroxylation sites is 1. The van der Waals surface area contributed by atoms with E-state index in [2.05, 4.69) is 15.6 Å². The lowest BCUT2D eigenvalue weighted by atomic mass is 10.2. The van der Waals surface area contributed by atoms with Gasteiger partial charge in [0.25, 0.3) is 5.91 Å². The summed E-state index contributed by atoms with van der Waals surface area (Å²) in [5.41, 5.74) is -0.945. The van der Waals surface area contributed by atoms with Gasteiger partial charge in [0.1, 0.15) is 23.0 Å². The maximum Gasteiger partial charge on any atom is 0.274 e. The van der Waals surface area contributed by atoms with Crippen molar-refractivity contribution in [1.29, 1.82) is 0 Å². The Morgan fingerprint density at radius 3 is 2.15 bits per heavy atom. The van der Waals surface area contributed by atoms with Gasteiger partial charge < -0.3 is 10.6 Å². The second kappa shape index (κ2) is 7.40. The first kappa shape index (κ1) is 18.3. The summed E-state index contributed by atoms with van der Waals surface area (Å²) in [5, 5.41) is 4.54. The van der Waals surface area contributed by atoms with E-state index in [4.69, 9.17) is 0 Å². The lowest BCUT2D eigenvalue weighted by molar-refractivity contribution is 0.102. The third kappa shape index (κ3) is 3.86. The van der Waals surface area contributed by atoms with E-state index in [1.165, 1.54) is 12.1 Å². The van der Waals surface area contributed by atoms with Crippen molar-refractivity contribution in [2.24, 2.45) is 0 Å². The fourth-order valence-corrected chi connectivity index (χ4v) is 2.17. The molecule has 0 atom stereocenters. The minimum absolute atomic E-state index is 0.172. The second-order valence-electron chi connectivity index (χ2n) is 5.33. The summed E-state index contributed by atoms with van der Waals surface area (Å²) in [4.78, 5) is 15.8. The van der Waals surface area contributed by atoms with Crippen LogP contribution in [0.15, 0.2) is 48.7 Å². The smallest absolute Gasteiger partial charge is 0.274 e. The zero-order valence-electron chi connectivity index (χ0n) is 13.4. The van der Waals surface area contributed by atoms with Gasteiger partial charge in [0.15, 0.2) is 17.5 Å². The van der Waals surface area contributed by atoms with Gasteiger partial charge in [0.2, 0.25) is 0 Å². The number of pyridine rings is 1. The molecule has 3 aromatic rings. The first-order valence-electron chi connectivity index (χ1n) is 7.48. The van der Waals surface area contributed by atoms with Crippen molar-refractivity contribution in [3.8, 4) is 0 Å². The number of hydrogen-bond acceptors (Lipinski definition) is 3. The first-order chi connectivity index (χ1) is 12.9. The van der Waals surface area contributed by atoms with Crippen molar-refractivity contribution < 1.29 is 26.7 Å². The highest BCUT2D eigenvalue weighted by Crippen LogP contribution is 2.23. The maximum absolute atomic E-state index is 13.6. The lowest BCUT2D eigenvalue weighted by Gasteiger charge is -2.10. The van der Waals surface area contributed by atoms with Crippen LogP contribution in [0.4, 0.5) is 39.0 Å². The molecule has 1 heterocycles. The van der Waals surface area contributed by atoms with Gasteiger partial charge in [0.05, 0.1) is 17.6 Å². The highest BCUT2D eigenvalue weighted by molar-refractivity contribution is 6.03. The quantitative estimate of drug-likeness (QED) is 0.507. The van der Waals surface area contributed by atoms with Crippen LogP contribution in [0.2, 0.25) is 0 Å². The second-order valence-corrected chi connectivity index (χ2v) is 5.33. The Morgan fingerprint density at radius 2 is 1.52 bits per heavy atom. The van der Waals surface area contributed by atoms with E-state index < -0.39 is 40.7 Å². The Kier molecular flexibility index (Phi) is 5.02. The molecular weight excluding hydrogens is 369 g/mol. The summed E-state index contributed by atoms with van der Waals surface area (Å²) in [7, 11) is 0. The fourth-order valence-electron chi connectivity index (χ4n) is 2.17. The number of carbonyl (C=O) groups is 1. The van der Waals surface area contributed by atoms with Crippen LogP contribution in [-0.2, 0) is 0 Å². The molecule has 0 aliphatic carbocycles. The summed E-state index contributed by atoms with van der Waals surface area (Å²) in [6, 6.07) is 7.37. The number of aromatic nitrogens is 1. The molecule has 27 heavy (non-hydrogen) atoms. The molecule has 0 spiro atoms. The molecule has 0 unspecified atom stereocenters. The van der Waals surface area contributed by atoms with E-state index in [0.29, 0.717) is 0 Å². The molecular formula is C18H10F5N3O. The number of rotatable bonds is 4. The Hall–Kier alpha value is -3.49. The van der Waals surface area contributed by atoms with Crippen molar-refractivity contribution in [2.45, 2.75) is 0 Å². The van der Waals surface area contributed by atoms with Crippen molar-refractivity contribution in [3.05, 3.63) is 83.4 Å². The van der Waals surface area contributed by atoms with Gasteiger partial charge in [-0.25, -0.2) is 26.9 Å². The zero-order chi connectivity index (χ0) is 19.6. The fraction of sp³-hybridized carbons (Fsp3) is 0. The molecule has 4 nitrogen and oxygen atoms in total. The molecule has 1 aromatic heterocycles. The molecule has 0 radical (unpaired) electrons. The van der Waals surface area contributed by atoms with Gasteiger partial charge in [-0.15, -0.1) is 0 Å². The third-order valence-corrected chi connectivity index (χ3v) is 3.51. The van der Waals surface area contributed by atoms with Gasteiger partial charge in [-0.05, 0) is 36.4 Å². The molecule has 0 saturated heterocycles. The molecule has 0 fully saturated rings. The van der Waals surface area contributed by atoms with Gasteiger partial charge in [0, 0.05) is 0 Å². The molecule has 0 saturated carbocycles. The van der Waals surface area contributed by atoms with E-state index in [-0.39, 0.29) is 17.1 Å². The minimum atomic E-state index is -1.63. The number of hydrogen-bond donors (Lipinski definition) is 2. The Labute approximate surface area is 149 Å². The molecule has 0 aliphatic rings. The standard InChI is InChI=1S/C18H10F5N3O/c19-10-5-7-13(16(23)15(10)22)25-9-4-6-14(24-8-9)18(27)26-17-11(20)2-1-3-12(17)21/h1-8,25H,(H,26,27). The van der Waals surface area contributed by atoms with Gasteiger partial charge in [-0.1, -0.05) is 6.07 Å². The summed E-state index contributed by atoms with van der Waals surface area (Å²) < 4.78 is 66.9. The molecule has 0 bridgehead atoms. The molecule has 1 amide bonds. The van der Waals surface area contributed by atoms with Crippen molar-refractivity contribution >= 4 is 23.0 Å². The zero-order valence-corrected chi connectivity index (χ0v) is 13.4. The van der Waals surface area contributed by atoms with Crippen molar-refractivity contribution in [3.63, 3.8) is 0 Å². The van der Waals surface area contributed by atoms with Crippen molar-refractivity contribution in [1.82, 2.24) is 4.98 Å². The van der Waals surface area contributed by atoms with Crippen LogP contribution in [0, 0.1) is 29.1 Å². The van der Waals surface area contributed by atoms with Gasteiger partial charge in [-0.3, -0.25) is 4.79 Å². The molecule has 0 aliphatic heterocycles. The average Bonchev–Trinajstić information content (AvgIpc) is 2.66. The Morgan fingerprint density at radius 1 is 0.815 bits per heavy atom.